The van der Waals surface area contributed by atoms with Crippen molar-refractivity contribution >= 4 is 11.8 Å². The van der Waals surface area contributed by atoms with E-state index in [1.807, 2.05) is 0 Å². The maximum Gasteiger partial charge on any atom is 0.341 e. The van der Waals surface area contributed by atoms with Crippen LogP contribution in [-0.2, 0) is 4.74 Å². The largest absolute Gasteiger partial charge is 0.465 e. The predicted molar refractivity (Wildman–Crippen MR) is 64.3 cm³/mol. The number of carbonyl (C=O) groups excluding carboxylic acids is 1. The number of ether oxygens (including phenoxy) is 2. The Morgan fingerprint density at radius 1 is 1.28 bits per heavy atom. The Hall–Kier alpha value is -2.63. The molecule has 0 atom stereocenters. The number of esters is 1. The van der Waals surface area contributed by atoms with Gasteiger partial charge in [0.1, 0.15) is 17.1 Å². The summed E-state index contributed by atoms with van der Waals surface area (Å²) in [6, 6.07) is 6.68. The van der Waals surface area contributed by atoms with E-state index in [0.29, 0.717) is 11.3 Å². The zero-order valence-electron chi connectivity index (χ0n) is 9.66. The van der Waals surface area contributed by atoms with Gasteiger partial charge in [-0.05, 0) is 12.1 Å². The highest BCUT2D eigenvalue weighted by molar-refractivity contribution is 5.92. The summed E-state index contributed by atoms with van der Waals surface area (Å²) in [4.78, 5) is 19.3. The molecule has 2 rings (SSSR count). The summed E-state index contributed by atoms with van der Waals surface area (Å²) in [6.45, 7) is 0. The molecule has 0 radical (unpaired) electrons. The molecular weight excluding hydrogens is 234 g/mol. The Morgan fingerprint density at radius 3 is 2.78 bits per heavy atom. The van der Waals surface area contributed by atoms with Crippen molar-refractivity contribution in [3.8, 4) is 11.6 Å². The molecule has 0 aliphatic rings. The Bertz CT molecular complexity index is 572. The van der Waals surface area contributed by atoms with Gasteiger partial charge < -0.3 is 15.2 Å². The molecule has 0 saturated carbocycles. The number of para-hydroxylation sites is 1. The number of anilines is 1. The number of methoxy groups -OCH3 is 1. The molecule has 2 aromatic rings. The van der Waals surface area contributed by atoms with Gasteiger partial charge in [0, 0.05) is 0 Å². The van der Waals surface area contributed by atoms with Crippen LogP contribution in [0.2, 0.25) is 0 Å². The lowest BCUT2D eigenvalue weighted by molar-refractivity contribution is 0.0598. The summed E-state index contributed by atoms with van der Waals surface area (Å²) in [5.74, 6) is 0.307. The van der Waals surface area contributed by atoms with E-state index in [0.717, 1.165) is 0 Å². The van der Waals surface area contributed by atoms with Crippen LogP contribution in [0.4, 0.5) is 5.82 Å². The molecule has 0 unspecified atom stereocenters. The van der Waals surface area contributed by atoms with Gasteiger partial charge in [-0.3, -0.25) is 4.98 Å². The van der Waals surface area contributed by atoms with Crippen molar-refractivity contribution in [1.82, 2.24) is 9.97 Å². The van der Waals surface area contributed by atoms with E-state index in [4.69, 9.17) is 10.5 Å². The van der Waals surface area contributed by atoms with Crippen LogP contribution >= 0.6 is 0 Å². The maximum absolute atomic E-state index is 11.5. The van der Waals surface area contributed by atoms with Crippen molar-refractivity contribution < 1.29 is 14.3 Å². The molecule has 0 aliphatic heterocycles. The number of nitrogens with zero attached hydrogens (tertiary/aromatic N) is 2. The van der Waals surface area contributed by atoms with Crippen LogP contribution in [0.15, 0.2) is 36.7 Å². The molecule has 6 nitrogen and oxygen atoms in total. The molecule has 0 amide bonds. The second-order valence-corrected chi connectivity index (χ2v) is 3.37. The van der Waals surface area contributed by atoms with Crippen molar-refractivity contribution in [1.29, 1.82) is 0 Å². The monoisotopic (exact) mass is 245 g/mol. The molecule has 6 heteroatoms. The first-order chi connectivity index (χ1) is 8.70. The highest BCUT2D eigenvalue weighted by Crippen LogP contribution is 2.24. The standard InChI is InChI=1S/C12H11N3O3/c1-17-12(16)8-4-2-3-5-9(8)18-11-7-14-6-10(13)15-11/h2-7H,1H3,(H2,13,15). The SMILES string of the molecule is COC(=O)c1ccccc1Oc1cncc(N)n1. The van der Waals surface area contributed by atoms with Crippen LogP contribution < -0.4 is 10.5 Å². The van der Waals surface area contributed by atoms with Gasteiger partial charge in [0.15, 0.2) is 0 Å². The normalized spacial score (nSPS) is 9.83. The van der Waals surface area contributed by atoms with Gasteiger partial charge in [0.05, 0.1) is 19.5 Å². The lowest BCUT2D eigenvalue weighted by Crippen LogP contribution is -2.04. The predicted octanol–water partition coefficient (Wildman–Crippen LogP) is 1.64. The van der Waals surface area contributed by atoms with Crippen molar-refractivity contribution in [3.05, 3.63) is 42.2 Å². The van der Waals surface area contributed by atoms with E-state index in [2.05, 4.69) is 14.7 Å². The molecule has 2 N–H and O–H groups in total. The van der Waals surface area contributed by atoms with E-state index >= 15 is 0 Å². The Labute approximate surface area is 103 Å². The van der Waals surface area contributed by atoms with Crippen molar-refractivity contribution in [3.63, 3.8) is 0 Å². The van der Waals surface area contributed by atoms with E-state index in [1.54, 1.807) is 24.3 Å². The fourth-order valence-electron chi connectivity index (χ4n) is 1.36. The van der Waals surface area contributed by atoms with Gasteiger partial charge >= 0.3 is 5.97 Å². The number of hydrogen-bond donors (Lipinski definition) is 1. The van der Waals surface area contributed by atoms with Crippen molar-refractivity contribution in [2.24, 2.45) is 0 Å². The number of carbonyl (C=O) groups is 1. The zero-order valence-corrected chi connectivity index (χ0v) is 9.66. The van der Waals surface area contributed by atoms with Crippen LogP contribution in [0.3, 0.4) is 0 Å². The van der Waals surface area contributed by atoms with E-state index in [1.165, 1.54) is 19.5 Å². The van der Waals surface area contributed by atoms with Crippen molar-refractivity contribution in [2.45, 2.75) is 0 Å². The Morgan fingerprint density at radius 2 is 2.06 bits per heavy atom. The summed E-state index contributed by atoms with van der Waals surface area (Å²) in [5, 5.41) is 0. The number of benzene rings is 1. The number of rotatable bonds is 3. The van der Waals surface area contributed by atoms with Gasteiger partial charge in [0.25, 0.3) is 0 Å². The number of hydrogen-bond acceptors (Lipinski definition) is 6. The molecular formula is C12H11N3O3. The van der Waals surface area contributed by atoms with Gasteiger partial charge in [-0.2, -0.15) is 4.98 Å². The third kappa shape index (κ3) is 2.54. The van der Waals surface area contributed by atoms with Gasteiger partial charge in [-0.15, -0.1) is 0 Å². The minimum absolute atomic E-state index is 0.214. The van der Waals surface area contributed by atoms with Crippen LogP contribution in [0, 0.1) is 0 Å². The lowest BCUT2D eigenvalue weighted by atomic mass is 10.2. The molecule has 1 aromatic heterocycles. The fourth-order valence-corrected chi connectivity index (χ4v) is 1.36. The van der Waals surface area contributed by atoms with Gasteiger partial charge in [-0.25, -0.2) is 4.79 Å². The Balaban J connectivity index is 2.32. The topological polar surface area (TPSA) is 87.3 Å². The molecule has 0 bridgehead atoms. The summed E-state index contributed by atoms with van der Waals surface area (Å²) >= 11 is 0. The molecule has 0 saturated heterocycles. The zero-order chi connectivity index (χ0) is 13.0. The van der Waals surface area contributed by atoms with E-state index in [9.17, 15) is 4.79 Å². The smallest absolute Gasteiger partial charge is 0.341 e. The number of nitrogen functional groups attached to an aromatic ring is 1. The summed E-state index contributed by atoms with van der Waals surface area (Å²) in [5.41, 5.74) is 5.80. The summed E-state index contributed by atoms with van der Waals surface area (Å²) < 4.78 is 10.1. The third-order valence-electron chi connectivity index (χ3n) is 2.14. The Kier molecular flexibility index (Phi) is 3.38. The first-order valence-electron chi connectivity index (χ1n) is 5.13. The van der Waals surface area contributed by atoms with E-state index in [-0.39, 0.29) is 11.7 Å². The van der Waals surface area contributed by atoms with Crippen LogP contribution in [0.5, 0.6) is 11.6 Å². The lowest BCUT2D eigenvalue weighted by Gasteiger charge is -2.08. The third-order valence-corrected chi connectivity index (χ3v) is 2.14. The molecule has 18 heavy (non-hydrogen) atoms. The average Bonchev–Trinajstić information content (AvgIpc) is 2.38. The minimum Gasteiger partial charge on any atom is -0.465 e. The second-order valence-electron chi connectivity index (χ2n) is 3.37. The molecule has 0 fully saturated rings. The number of aromatic nitrogens is 2. The highest BCUT2D eigenvalue weighted by atomic mass is 16.5. The molecule has 0 spiro atoms. The second kappa shape index (κ2) is 5.13. The molecule has 1 heterocycles. The molecule has 1 aromatic carbocycles. The first-order valence-corrected chi connectivity index (χ1v) is 5.13. The average molecular weight is 245 g/mol. The quantitative estimate of drug-likeness (QED) is 0.827. The molecule has 0 aliphatic carbocycles. The van der Waals surface area contributed by atoms with E-state index < -0.39 is 5.97 Å². The number of nitrogens with two attached hydrogens (primary N) is 1. The highest BCUT2D eigenvalue weighted by Gasteiger charge is 2.13. The first kappa shape index (κ1) is 11.8. The van der Waals surface area contributed by atoms with Crippen LogP contribution in [-0.4, -0.2) is 23.0 Å². The van der Waals surface area contributed by atoms with Gasteiger partial charge in [0.2, 0.25) is 5.88 Å². The fraction of sp³-hybridized carbons (Fsp3) is 0.0833. The van der Waals surface area contributed by atoms with Crippen molar-refractivity contribution in [2.75, 3.05) is 12.8 Å². The van der Waals surface area contributed by atoms with Crippen LogP contribution in [0.25, 0.3) is 0 Å². The summed E-state index contributed by atoms with van der Waals surface area (Å²) in [7, 11) is 1.30. The van der Waals surface area contributed by atoms with Crippen LogP contribution in [0.1, 0.15) is 10.4 Å². The maximum atomic E-state index is 11.5. The minimum atomic E-state index is -0.484. The summed E-state index contributed by atoms with van der Waals surface area (Å²) in [6.07, 6.45) is 2.81. The van der Waals surface area contributed by atoms with Gasteiger partial charge in [-0.1, -0.05) is 12.1 Å². The molecule has 92 valence electrons.